The van der Waals surface area contributed by atoms with E-state index in [4.69, 9.17) is 14.2 Å². The van der Waals surface area contributed by atoms with E-state index in [1.54, 1.807) is 6.07 Å². The van der Waals surface area contributed by atoms with Gasteiger partial charge in [-0.1, -0.05) is 12.5 Å². The lowest BCUT2D eigenvalue weighted by Gasteiger charge is -2.47. The van der Waals surface area contributed by atoms with Crippen LogP contribution in [0.4, 0.5) is 8.78 Å². The average Bonchev–Trinajstić information content (AvgIpc) is 3.36. The van der Waals surface area contributed by atoms with E-state index in [1.165, 1.54) is 31.4 Å². The van der Waals surface area contributed by atoms with E-state index in [1.807, 2.05) is 12.1 Å². The van der Waals surface area contributed by atoms with Gasteiger partial charge in [0.15, 0.2) is 0 Å². The smallest absolute Gasteiger partial charge is 0.257 e. The van der Waals surface area contributed by atoms with Crippen LogP contribution in [0.15, 0.2) is 30.3 Å². The highest BCUT2D eigenvalue weighted by atomic mass is 19.1. The van der Waals surface area contributed by atoms with Crippen molar-refractivity contribution < 1.29 is 27.8 Å². The molecule has 1 saturated carbocycles. The molecule has 1 atom stereocenters. The third kappa shape index (κ3) is 4.62. The van der Waals surface area contributed by atoms with Crippen molar-refractivity contribution in [3.05, 3.63) is 53.1 Å². The molecule has 0 radical (unpaired) electrons. The largest absolute Gasteiger partial charge is 0.462 e. The summed E-state index contributed by atoms with van der Waals surface area (Å²) in [6, 6.07) is 8.62. The van der Waals surface area contributed by atoms with Gasteiger partial charge in [0, 0.05) is 50.7 Å². The summed E-state index contributed by atoms with van der Waals surface area (Å²) in [5.41, 5.74) is 1.27. The van der Waals surface area contributed by atoms with Crippen molar-refractivity contribution in [3.8, 4) is 16.9 Å². The molecule has 0 aromatic heterocycles. The van der Waals surface area contributed by atoms with Gasteiger partial charge in [-0.05, 0) is 61.1 Å². The van der Waals surface area contributed by atoms with E-state index in [-0.39, 0.29) is 12.6 Å². The Balaban J connectivity index is 1.14. The fourth-order valence-electron chi connectivity index (χ4n) is 5.70. The Morgan fingerprint density at radius 2 is 1.81 bits per heavy atom. The van der Waals surface area contributed by atoms with Crippen molar-refractivity contribution in [2.24, 2.45) is 0 Å². The molecule has 36 heavy (non-hydrogen) atoms. The summed E-state index contributed by atoms with van der Waals surface area (Å²) in [6.07, 6.45) is 7.23. The number of hydrogen-bond donors (Lipinski definition) is 1. The molecule has 1 amide bonds. The molecule has 2 saturated heterocycles. The molecule has 1 unspecified atom stereocenters. The number of carbonyl (C=O) groups is 1. The molecule has 6 nitrogen and oxygen atoms in total. The van der Waals surface area contributed by atoms with Crippen LogP contribution >= 0.6 is 0 Å². The van der Waals surface area contributed by atoms with Gasteiger partial charge in [-0.2, -0.15) is 0 Å². The molecule has 6 rings (SSSR count). The summed E-state index contributed by atoms with van der Waals surface area (Å²) in [7, 11) is 0. The van der Waals surface area contributed by atoms with Gasteiger partial charge in [0.1, 0.15) is 22.9 Å². The Morgan fingerprint density at radius 1 is 1.03 bits per heavy atom. The number of nitrogens with one attached hydrogen (secondary N) is 1. The standard InChI is InChI=1S/C28H32F2N2O4/c29-23-14-19(15-24(30)26(23)27(33)31-16-22-5-2-12-34-22)18-6-7-25-20(13-18)17-35-28(36-25)8-10-32(11-9-28)21-3-1-4-21/h6-7,13-15,21-22H,1-5,8-12,16-17H2,(H,31,33). The summed E-state index contributed by atoms with van der Waals surface area (Å²) in [6.45, 7) is 3.23. The molecule has 4 aliphatic rings. The first-order valence-corrected chi connectivity index (χ1v) is 13.1. The summed E-state index contributed by atoms with van der Waals surface area (Å²) in [5.74, 6) is -2.39. The Bertz CT molecular complexity index is 1120. The Morgan fingerprint density at radius 3 is 2.47 bits per heavy atom. The lowest BCUT2D eigenvalue weighted by molar-refractivity contribution is -0.231. The van der Waals surface area contributed by atoms with Gasteiger partial charge in [0.2, 0.25) is 5.79 Å². The van der Waals surface area contributed by atoms with E-state index in [0.29, 0.717) is 24.3 Å². The average molecular weight is 499 g/mol. The van der Waals surface area contributed by atoms with Crippen LogP contribution in [0, 0.1) is 11.6 Å². The van der Waals surface area contributed by atoms with Crippen LogP contribution in [0.3, 0.4) is 0 Å². The lowest BCUT2D eigenvalue weighted by Crippen LogP contribution is -2.54. The molecule has 1 aliphatic carbocycles. The van der Waals surface area contributed by atoms with Crippen LogP contribution in [0.25, 0.3) is 11.1 Å². The maximum Gasteiger partial charge on any atom is 0.257 e. The van der Waals surface area contributed by atoms with E-state index < -0.39 is 28.9 Å². The van der Waals surface area contributed by atoms with Crippen molar-refractivity contribution in [1.29, 1.82) is 0 Å². The zero-order valence-electron chi connectivity index (χ0n) is 20.4. The second kappa shape index (κ2) is 9.72. The summed E-state index contributed by atoms with van der Waals surface area (Å²) < 4.78 is 47.7. The number of ether oxygens (including phenoxy) is 3. The second-order valence-electron chi connectivity index (χ2n) is 10.4. The summed E-state index contributed by atoms with van der Waals surface area (Å²) in [5, 5.41) is 2.59. The van der Waals surface area contributed by atoms with Crippen LogP contribution in [0.5, 0.6) is 5.75 Å². The first-order valence-electron chi connectivity index (χ1n) is 13.1. The molecule has 3 fully saturated rings. The van der Waals surface area contributed by atoms with E-state index in [2.05, 4.69) is 10.2 Å². The normalized spacial score (nSPS) is 23.7. The SMILES string of the molecule is O=C(NCC1CCCO1)c1c(F)cc(-c2ccc3c(c2)COC2(CCN(C4CCC4)CC2)O3)cc1F. The number of piperidine rings is 1. The van der Waals surface area contributed by atoms with Crippen molar-refractivity contribution in [2.75, 3.05) is 26.2 Å². The van der Waals surface area contributed by atoms with Gasteiger partial charge in [-0.25, -0.2) is 8.78 Å². The van der Waals surface area contributed by atoms with Crippen LogP contribution in [0.1, 0.15) is 60.9 Å². The maximum atomic E-state index is 14.9. The van der Waals surface area contributed by atoms with Crippen LogP contribution in [0.2, 0.25) is 0 Å². The first-order chi connectivity index (χ1) is 17.5. The number of hydrogen-bond acceptors (Lipinski definition) is 5. The highest BCUT2D eigenvalue weighted by Crippen LogP contribution is 2.40. The number of nitrogens with zero attached hydrogens (tertiary/aromatic N) is 1. The maximum absolute atomic E-state index is 14.9. The number of halogens is 2. The molecule has 2 aromatic carbocycles. The molecular weight excluding hydrogens is 466 g/mol. The Hall–Kier alpha value is -2.55. The third-order valence-corrected chi connectivity index (χ3v) is 8.11. The van der Waals surface area contributed by atoms with Gasteiger partial charge in [0.05, 0.1) is 12.7 Å². The summed E-state index contributed by atoms with van der Waals surface area (Å²) >= 11 is 0. The fraction of sp³-hybridized carbons (Fsp3) is 0.536. The topological polar surface area (TPSA) is 60.0 Å². The van der Waals surface area contributed by atoms with E-state index in [9.17, 15) is 13.6 Å². The minimum absolute atomic E-state index is 0.103. The van der Waals surface area contributed by atoms with Gasteiger partial charge < -0.3 is 19.5 Å². The van der Waals surface area contributed by atoms with Crippen LogP contribution in [-0.2, 0) is 16.1 Å². The molecule has 3 aliphatic heterocycles. The third-order valence-electron chi connectivity index (χ3n) is 8.11. The van der Waals surface area contributed by atoms with E-state index in [0.717, 1.165) is 56.1 Å². The lowest BCUT2D eigenvalue weighted by atomic mass is 9.89. The molecule has 1 N–H and O–H groups in total. The molecule has 0 bridgehead atoms. The number of likely N-dealkylation sites (tertiary alicyclic amines) is 1. The highest BCUT2D eigenvalue weighted by Gasteiger charge is 2.42. The Labute approximate surface area is 209 Å². The first kappa shape index (κ1) is 23.8. The zero-order chi connectivity index (χ0) is 24.7. The predicted molar refractivity (Wildman–Crippen MR) is 130 cm³/mol. The monoisotopic (exact) mass is 498 g/mol. The quantitative estimate of drug-likeness (QED) is 0.642. The predicted octanol–water partition coefficient (Wildman–Crippen LogP) is 4.79. The van der Waals surface area contributed by atoms with E-state index >= 15 is 0 Å². The number of carbonyl (C=O) groups excluding carboxylic acids is 1. The van der Waals surface area contributed by atoms with Gasteiger partial charge in [0.25, 0.3) is 5.91 Å². The highest BCUT2D eigenvalue weighted by molar-refractivity contribution is 5.95. The molecule has 3 heterocycles. The number of amides is 1. The minimum Gasteiger partial charge on any atom is -0.462 e. The van der Waals surface area contributed by atoms with Crippen molar-refractivity contribution >= 4 is 5.91 Å². The molecule has 192 valence electrons. The van der Waals surface area contributed by atoms with Crippen molar-refractivity contribution in [2.45, 2.75) is 69.5 Å². The second-order valence-corrected chi connectivity index (χ2v) is 10.4. The number of rotatable bonds is 5. The molecular formula is C28H32F2N2O4. The molecule has 2 aromatic rings. The van der Waals surface area contributed by atoms with Gasteiger partial charge >= 0.3 is 0 Å². The van der Waals surface area contributed by atoms with Crippen LogP contribution in [-0.4, -0.2) is 55.0 Å². The van der Waals surface area contributed by atoms with Gasteiger partial charge in [-0.15, -0.1) is 0 Å². The minimum atomic E-state index is -0.891. The summed E-state index contributed by atoms with van der Waals surface area (Å²) in [4.78, 5) is 15.0. The zero-order valence-corrected chi connectivity index (χ0v) is 20.4. The molecule has 8 heteroatoms. The fourth-order valence-corrected chi connectivity index (χ4v) is 5.70. The molecule has 1 spiro atoms. The van der Waals surface area contributed by atoms with Crippen molar-refractivity contribution in [1.82, 2.24) is 10.2 Å². The number of benzene rings is 2. The number of fused-ring (bicyclic) bond motifs is 1. The van der Waals surface area contributed by atoms with Crippen molar-refractivity contribution in [3.63, 3.8) is 0 Å². The van der Waals surface area contributed by atoms with Gasteiger partial charge in [-0.3, -0.25) is 9.69 Å². The van der Waals surface area contributed by atoms with Crippen LogP contribution < -0.4 is 10.1 Å². The Kier molecular flexibility index (Phi) is 6.44.